The quantitative estimate of drug-likeness (QED) is 0.0657. The van der Waals surface area contributed by atoms with Gasteiger partial charge in [0, 0.05) is 40.4 Å². The van der Waals surface area contributed by atoms with Gasteiger partial charge in [-0.15, -0.1) is 0 Å². The molecule has 0 amide bonds. The van der Waals surface area contributed by atoms with Crippen LogP contribution in [0, 0.1) is 5.92 Å². The normalized spacial score (nSPS) is 22.6. The van der Waals surface area contributed by atoms with E-state index in [1.165, 1.54) is 97.8 Å². The second kappa shape index (κ2) is 24.6. The fourth-order valence-electron chi connectivity index (χ4n) is 5.26. The van der Waals surface area contributed by atoms with Gasteiger partial charge in [0.15, 0.2) is 12.4 Å². The maximum atomic E-state index is 11.8. The van der Waals surface area contributed by atoms with Crippen LogP contribution in [0.25, 0.3) is 0 Å². The minimum atomic E-state index is -0.956. The van der Waals surface area contributed by atoms with Crippen LogP contribution in [0.3, 0.4) is 0 Å². The topological polar surface area (TPSA) is 116 Å². The standard InChI is InChI=1S/C33H60O10/c1-7-8-9-10-11-12-13-14-15-16-17-18-19-20-21-38-22-29(37-6)23-40-33-25(2)31(41-27(4)35)32(42-28(5)36)30(43-33)24-39-26(3)34/h25,29-33H,7-24H2,1-6H3/t25-,29?,30?,31?,32+,33+/m1/s1. The zero-order valence-electron chi connectivity index (χ0n) is 27.8. The molecule has 43 heavy (non-hydrogen) atoms. The van der Waals surface area contributed by atoms with E-state index in [1.807, 2.05) is 0 Å². The molecule has 10 heteroatoms. The van der Waals surface area contributed by atoms with Crippen molar-refractivity contribution in [3.05, 3.63) is 0 Å². The van der Waals surface area contributed by atoms with E-state index >= 15 is 0 Å². The highest BCUT2D eigenvalue weighted by Crippen LogP contribution is 2.32. The van der Waals surface area contributed by atoms with E-state index in [9.17, 15) is 14.4 Å². The van der Waals surface area contributed by atoms with E-state index in [1.54, 1.807) is 14.0 Å². The molecular weight excluding hydrogens is 556 g/mol. The van der Waals surface area contributed by atoms with E-state index in [0.717, 1.165) is 12.8 Å². The van der Waals surface area contributed by atoms with Gasteiger partial charge in [-0.1, -0.05) is 97.3 Å². The Morgan fingerprint density at radius 1 is 0.698 bits per heavy atom. The zero-order valence-corrected chi connectivity index (χ0v) is 27.8. The lowest BCUT2D eigenvalue weighted by molar-refractivity contribution is -0.293. The molecule has 1 saturated heterocycles. The average Bonchev–Trinajstić information content (AvgIpc) is 2.96. The molecule has 0 aromatic heterocycles. The van der Waals surface area contributed by atoms with Gasteiger partial charge in [0.25, 0.3) is 0 Å². The number of ether oxygens (including phenoxy) is 7. The van der Waals surface area contributed by atoms with Crippen LogP contribution in [-0.2, 0) is 47.5 Å². The van der Waals surface area contributed by atoms with Gasteiger partial charge < -0.3 is 33.2 Å². The van der Waals surface area contributed by atoms with Crippen LogP contribution in [0.4, 0.5) is 0 Å². The number of esters is 3. The molecule has 1 fully saturated rings. The SMILES string of the molecule is CCCCCCCCCCCCCCCCOCC(CO[C@H]1OC(COC(C)=O)[C@H](OC(C)=O)C(OC(C)=O)[C@H]1C)OC. The summed E-state index contributed by atoms with van der Waals surface area (Å²) < 4.78 is 39.5. The number of carbonyl (C=O) groups is 3. The first-order valence-corrected chi connectivity index (χ1v) is 16.5. The lowest BCUT2D eigenvalue weighted by Crippen LogP contribution is -2.58. The molecule has 0 N–H and O–H groups in total. The van der Waals surface area contributed by atoms with Crippen molar-refractivity contribution in [1.82, 2.24) is 0 Å². The predicted octanol–water partition coefficient (Wildman–Crippen LogP) is 6.30. The number of hydrogen-bond donors (Lipinski definition) is 0. The molecule has 0 aliphatic carbocycles. The van der Waals surface area contributed by atoms with Crippen LogP contribution in [0.2, 0.25) is 0 Å². The highest BCUT2D eigenvalue weighted by atomic mass is 16.7. The van der Waals surface area contributed by atoms with Gasteiger partial charge in [-0.2, -0.15) is 0 Å². The lowest BCUT2D eigenvalue weighted by Gasteiger charge is -2.44. The van der Waals surface area contributed by atoms with Crippen LogP contribution in [-0.4, -0.2) is 82.2 Å². The van der Waals surface area contributed by atoms with Crippen molar-refractivity contribution in [2.45, 2.75) is 155 Å². The highest BCUT2D eigenvalue weighted by molar-refractivity contribution is 5.67. The van der Waals surface area contributed by atoms with Gasteiger partial charge in [-0.05, 0) is 6.42 Å². The third kappa shape index (κ3) is 18.6. The second-order valence-electron chi connectivity index (χ2n) is 11.7. The predicted molar refractivity (Wildman–Crippen MR) is 163 cm³/mol. The average molecular weight is 617 g/mol. The smallest absolute Gasteiger partial charge is 0.303 e. The van der Waals surface area contributed by atoms with Gasteiger partial charge >= 0.3 is 17.9 Å². The molecule has 252 valence electrons. The maximum absolute atomic E-state index is 11.8. The van der Waals surface area contributed by atoms with Gasteiger partial charge in [-0.25, -0.2) is 0 Å². The van der Waals surface area contributed by atoms with Crippen molar-refractivity contribution >= 4 is 17.9 Å². The first-order chi connectivity index (χ1) is 20.7. The Balaban J connectivity index is 2.34. The molecule has 0 radical (unpaired) electrons. The summed E-state index contributed by atoms with van der Waals surface area (Å²) in [5.41, 5.74) is 0. The molecule has 0 spiro atoms. The molecule has 6 atom stereocenters. The Bertz CT molecular complexity index is 745. The molecule has 0 aromatic rings. The Morgan fingerprint density at radius 2 is 1.21 bits per heavy atom. The monoisotopic (exact) mass is 616 g/mol. The van der Waals surface area contributed by atoms with E-state index in [-0.39, 0.29) is 19.3 Å². The molecule has 0 aromatic carbocycles. The summed E-state index contributed by atoms with van der Waals surface area (Å²) in [7, 11) is 1.59. The lowest BCUT2D eigenvalue weighted by atomic mass is 9.92. The third-order valence-electron chi connectivity index (χ3n) is 7.73. The number of carbonyl (C=O) groups excluding carboxylic acids is 3. The highest BCUT2D eigenvalue weighted by Gasteiger charge is 2.49. The summed E-state index contributed by atoms with van der Waals surface area (Å²) in [6.07, 6.45) is 14.6. The second-order valence-corrected chi connectivity index (χ2v) is 11.7. The summed E-state index contributed by atoms with van der Waals surface area (Å²) in [5, 5.41) is 0. The largest absolute Gasteiger partial charge is 0.463 e. The molecule has 3 unspecified atom stereocenters. The molecule has 10 nitrogen and oxygen atoms in total. The van der Waals surface area contributed by atoms with Gasteiger partial charge in [0.05, 0.1) is 13.2 Å². The number of hydrogen-bond acceptors (Lipinski definition) is 10. The van der Waals surface area contributed by atoms with Crippen molar-refractivity contribution in [2.75, 3.05) is 33.5 Å². The minimum absolute atomic E-state index is 0.176. The first kappa shape index (κ1) is 39.3. The van der Waals surface area contributed by atoms with Crippen LogP contribution in [0.15, 0.2) is 0 Å². The van der Waals surface area contributed by atoms with Crippen molar-refractivity contribution in [2.24, 2.45) is 5.92 Å². The summed E-state index contributed by atoms with van der Waals surface area (Å²) >= 11 is 0. The molecule has 1 heterocycles. The van der Waals surface area contributed by atoms with Crippen LogP contribution in [0.1, 0.15) is 125 Å². The van der Waals surface area contributed by atoms with Gasteiger partial charge in [0.1, 0.15) is 24.9 Å². The number of rotatable bonds is 25. The minimum Gasteiger partial charge on any atom is -0.463 e. The Morgan fingerprint density at radius 3 is 1.70 bits per heavy atom. The summed E-state index contributed by atoms with van der Waals surface area (Å²) in [4.78, 5) is 35.0. The third-order valence-corrected chi connectivity index (χ3v) is 7.73. The van der Waals surface area contributed by atoms with Gasteiger partial charge in [0.2, 0.25) is 0 Å². The fourth-order valence-corrected chi connectivity index (χ4v) is 5.26. The number of methoxy groups -OCH3 is 1. The summed E-state index contributed by atoms with van der Waals surface area (Å²) in [6, 6.07) is 0. The van der Waals surface area contributed by atoms with Crippen molar-refractivity contribution in [3.8, 4) is 0 Å². The molecular formula is C33H60O10. The van der Waals surface area contributed by atoms with E-state index in [4.69, 9.17) is 33.2 Å². The van der Waals surface area contributed by atoms with E-state index in [2.05, 4.69) is 6.92 Å². The van der Waals surface area contributed by atoms with Crippen molar-refractivity contribution < 1.29 is 47.5 Å². The zero-order chi connectivity index (χ0) is 31.9. The first-order valence-electron chi connectivity index (χ1n) is 16.5. The maximum Gasteiger partial charge on any atom is 0.303 e. The van der Waals surface area contributed by atoms with Crippen LogP contribution in [0.5, 0.6) is 0 Å². The van der Waals surface area contributed by atoms with Crippen LogP contribution < -0.4 is 0 Å². The van der Waals surface area contributed by atoms with Gasteiger partial charge in [-0.3, -0.25) is 14.4 Å². The molecule has 1 rings (SSSR count). The Kier molecular flexibility index (Phi) is 22.4. The number of unbranched alkanes of at least 4 members (excludes halogenated alkanes) is 13. The van der Waals surface area contributed by atoms with E-state index < -0.39 is 48.4 Å². The molecule has 1 aliphatic rings. The molecule has 0 bridgehead atoms. The summed E-state index contributed by atoms with van der Waals surface area (Å²) in [5.74, 6) is -2.09. The Hall–Kier alpha value is -1.75. The fraction of sp³-hybridized carbons (Fsp3) is 0.909. The molecule has 1 aliphatic heterocycles. The Labute approximate surface area is 260 Å². The van der Waals surface area contributed by atoms with Crippen molar-refractivity contribution in [1.29, 1.82) is 0 Å². The molecule has 0 saturated carbocycles. The van der Waals surface area contributed by atoms with Crippen molar-refractivity contribution in [3.63, 3.8) is 0 Å². The summed E-state index contributed by atoms with van der Waals surface area (Å²) in [6.45, 7) is 8.87. The van der Waals surface area contributed by atoms with E-state index in [0.29, 0.717) is 13.2 Å². The van der Waals surface area contributed by atoms with Crippen LogP contribution >= 0.6 is 0 Å².